The van der Waals surface area contributed by atoms with E-state index in [1.165, 1.54) is 0 Å². The first kappa shape index (κ1) is 16.8. The summed E-state index contributed by atoms with van der Waals surface area (Å²) in [5.41, 5.74) is 1.99. The molecular formula is C20H20O6. The topological polar surface area (TPSA) is 82.8 Å². The molecule has 0 spiro atoms. The summed E-state index contributed by atoms with van der Waals surface area (Å²) in [4.78, 5) is 35.7. The van der Waals surface area contributed by atoms with Crippen LogP contribution in [0.5, 0.6) is 5.75 Å². The molecule has 6 nitrogen and oxygen atoms in total. The van der Waals surface area contributed by atoms with Crippen molar-refractivity contribution in [3.63, 3.8) is 0 Å². The van der Waals surface area contributed by atoms with Crippen LogP contribution in [-0.4, -0.2) is 24.5 Å². The fourth-order valence-corrected chi connectivity index (χ4v) is 3.76. The predicted octanol–water partition coefficient (Wildman–Crippen LogP) is 2.72. The van der Waals surface area contributed by atoms with Crippen LogP contribution in [0.1, 0.15) is 43.2 Å². The highest BCUT2D eigenvalue weighted by Crippen LogP contribution is 2.29. The second kappa shape index (κ2) is 6.94. The fourth-order valence-electron chi connectivity index (χ4n) is 3.76. The maximum absolute atomic E-state index is 12.0. The molecule has 2 aromatic rings. The van der Waals surface area contributed by atoms with Crippen LogP contribution in [0, 0.1) is 0 Å². The van der Waals surface area contributed by atoms with Crippen molar-refractivity contribution in [3.05, 3.63) is 39.7 Å². The zero-order chi connectivity index (χ0) is 18.1. The molecule has 0 radical (unpaired) electrons. The molecule has 1 saturated carbocycles. The number of carbonyl (C=O) groups is 2. The zero-order valence-corrected chi connectivity index (χ0v) is 14.4. The van der Waals surface area contributed by atoms with Crippen LogP contribution in [0.4, 0.5) is 0 Å². The summed E-state index contributed by atoms with van der Waals surface area (Å²) in [5.74, 6) is -0.169. The molecule has 0 bridgehead atoms. The molecule has 136 valence electrons. The number of hydrogen-bond acceptors (Lipinski definition) is 6. The second-order valence-electron chi connectivity index (χ2n) is 6.84. The van der Waals surface area contributed by atoms with Gasteiger partial charge in [0.25, 0.3) is 0 Å². The highest BCUT2D eigenvalue weighted by atomic mass is 16.6. The first-order valence-electron chi connectivity index (χ1n) is 9.05. The van der Waals surface area contributed by atoms with E-state index in [9.17, 15) is 14.4 Å². The first-order valence-corrected chi connectivity index (χ1v) is 9.05. The van der Waals surface area contributed by atoms with E-state index in [-0.39, 0.29) is 18.0 Å². The van der Waals surface area contributed by atoms with Gasteiger partial charge >= 0.3 is 11.6 Å². The Balaban J connectivity index is 1.44. The Morgan fingerprint density at radius 2 is 1.92 bits per heavy atom. The van der Waals surface area contributed by atoms with E-state index in [0.717, 1.165) is 48.6 Å². The average Bonchev–Trinajstić information content (AvgIpc) is 3.12. The van der Waals surface area contributed by atoms with Gasteiger partial charge in [0.15, 0.2) is 18.5 Å². The van der Waals surface area contributed by atoms with Crippen molar-refractivity contribution in [3.8, 4) is 5.75 Å². The van der Waals surface area contributed by atoms with Crippen LogP contribution < -0.4 is 10.4 Å². The van der Waals surface area contributed by atoms with Gasteiger partial charge in [-0.1, -0.05) is 0 Å². The van der Waals surface area contributed by atoms with Crippen molar-refractivity contribution in [2.45, 2.75) is 51.0 Å². The van der Waals surface area contributed by atoms with Gasteiger partial charge in [-0.25, -0.2) is 9.59 Å². The maximum atomic E-state index is 12.0. The number of carbonyl (C=O) groups excluding carboxylic acids is 2. The van der Waals surface area contributed by atoms with E-state index < -0.39 is 12.1 Å². The summed E-state index contributed by atoms with van der Waals surface area (Å²) in [6, 6.07) is 5.22. The molecule has 1 aromatic heterocycles. The van der Waals surface area contributed by atoms with E-state index in [4.69, 9.17) is 13.9 Å². The summed E-state index contributed by atoms with van der Waals surface area (Å²) >= 11 is 0. The summed E-state index contributed by atoms with van der Waals surface area (Å²) in [6.07, 6.45) is 4.75. The Labute approximate surface area is 150 Å². The summed E-state index contributed by atoms with van der Waals surface area (Å²) < 4.78 is 16.1. The largest absolute Gasteiger partial charge is 0.482 e. The van der Waals surface area contributed by atoms with Crippen LogP contribution in [0.3, 0.4) is 0 Å². The first-order chi connectivity index (χ1) is 12.6. The lowest BCUT2D eigenvalue weighted by molar-refractivity contribution is -0.158. The third kappa shape index (κ3) is 3.23. The van der Waals surface area contributed by atoms with Crippen molar-refractivity contribution in [1.82, 2.24) is 0 Å². The zero-order valence-electron chi connectivity index (χ0n) is 14.4. The number of hydrogen-bond donors (Lipinski definition) is 0. The number of aryl methyl sites for hydroxylation is 1. The maximum Gasteiger partial charge on any atom is 0.344 e. The molecule has 26 heavy (non-hydrogen) atoms. The SMILES string of the molecule is O=C(COc1ccc2c3c(c(=O)oc2c1)CCC3)O[C@H]1CCCCC1=O. The Morgan fingerprint density at radius 1 is 1.08 bits per heavy atom. The lowest BCUT2D eigenvalue weighted by atomic mass is 9.96. The van der Waals surface area contributed by atoms with Gasteiger partial charge in [-0.2, -0.15) is 0 Å². The molecule has 0 unspecified atom stereocenters. The lowest BCUT2D eigenvalue weighted by Gasteiger charge is -2.20. The van der Waals surface area contributed by atoms with Crippen LogP contribution in [-0.2, 0) is 27.2 Å². The predicted molar refractivity (Wildman–Crippen MR) is 93.4 cm³/mol. The van der Waals surface area contributed by atoms with Crippen LogP contribution in [0.15, 0.2) is 27.4 Å². The second-order valence-corrected chi connectivity index (χ2v) is 6.84. The highest BCUT2D eigenvalue weighted by Gasteiger charge is 2.26. The molecule has 6 heteroatoms. The standard InChI is InChI=1S/C20H20O6/c21-16-6-1-2-7-17(16)25-19(22)11-24-12-8-9-14-13-4-3-5-15(13)20(23)26-18(14)10-12/h8-10,17H,1-7,11H2/t17-/m0/s1. The number of ketones is 1. The third-order valence-corrected chi connectivity index (χ3v) is 5.07. The van der Waals surface area contributed by atoms with E-state index in [2.05, 4.69) is 0 Å². The molecule has 1 heterocycles. The van der Waals surface area contributed by atoms with Crippen LogP contribution in [0.2, 0.25) is 0 Å². The minimum atomic E-state index is -0.642. The lowest BCUT2D eigenvalue weighted by Crippen LogP contribution is -2.31. The molecular weight excluding hydrogens is 336 g/mol. The van der Waals surface area contributed by atoms with Gasteiger partial charge in [-0.3, -0.25) is 4.79 Å². The quantitative estimate of drug-likeness (QED) is 0.619. The van der Waals surface area contributed by atoms with Crippen molar-refractivity contribution >= 4 is 22.7 Å². The summed E-state index contributed by atoms with van der Waals surface area (Å²) in [6.45, 7) is -0.287. The smallest absolute Gasteiger partial charge is 0.344 e. The average molecular weight is 356 g/mol. The van der Waals surface area contributed by atoms with E-state index in [1.54, 1.807) is 12.1 Å². The van der Waals surface area contributed by atoms with Crippen molar-refractivity contribution in [1.29, 1.82) is 0 Å². The van der Waals surface area contributed by atoms with Crippen LogP contribution >= 0.6 is 0 Å². The van der Waals surface area contributed by atoms with E-state index >= 15 is 0 Å². The van der Waals surface area contributed by atoms with Gasteiger partial charge in [-0.05, 0) is 56.2 Å². The number of fused-ring (bicyclic) bond motifs is 3. The van der Waals surface area contributed by atoms with Gasteiger partial charge in [0.05, 0.1) is 0 Å². The monoisotopic (exact) mass is 356 g/mol. The number of ether oxygens (including phenoxy) is 2. The molecule has 1 fully saturated rings. The van der Waals surface area contributed by atoms with Gasteiger partial charge in [-0.15, -0.1) is 0 Å². The minimum absolute atomic E-state index is 0.0223. The molecule has 1 aromatic carbocycles. The highest BCUT2D eigenvalue weighted by molar-refractivity contribution is 5.86. The number of benzene rings is 1. The molecule has 1 atom stereocenters. The number of Topliss-reactive ketones (excluding diaryl/α,β-unsaturated/α-hetero) is 1. The Bertz CT molecular complexity index is 926. The van der Waals surface area contributed by atoms with Crippen LogP contribution in [0.25, 0.3) is 11.0 Å². The summed E-state index contributed by atoms with van der Waals surface area (Å²) in [5, 5.41) is 0.917. The van der Waals surface area contributed by atoms with Gasteiger partial charge in [0, 0.05) is 23.4 Å². The van der Waals surface area contributed by atoms with Crippen molar-refractivity contribution < 1.29 is 23.5 Å². The van der Waals surface area contributed by atoms with Crippen molar-refractivity contribution in [2.75, 3.05) is 6.61 Å². The van der Waals surface area contributed by atoms with E-state index in [0.29, 0.717) is 24.2 Å². The van der Waals surface area contributed by atoms with E-state index in [1.807, 2.05) is 6.07 Å². The Kier molecular flexibility index (Phi) is 4.49. The normalized spacial score (nSPS) is 19.4. The molecule has 4 rings (SSSR count). The molecule has 0 amide bonds. The molecule has 0 aliphatic heterocycles. The number of esters is 1. The Morgan fingerprint density at radius 3 is 2.77 bits per heavy atom. The molecule has 2 aliphatic carbocycles. The minimum Gasteiger partial charge on any atom is -0.482 e. The molecule has 0 N–H and O–H groups in total. The Hall–Kier alpha value is -2.63. The van der Waals surface area contributed by atoms with Gasteiger partial charge in [0.1, 0.15) is 11.3 Å². The van der Waals surface area contributed by atoms with Gasteiger partial charge in [0.2, 0.25) is 0 Å². The van der Waals surface area contributed by atoms with Crippen molar-refractivity contribution in [2.24, 2.45) is 0 Å². The number of rotatable bonds is 4. The van der Waals surface area contributed by atoms with Gasteiger partial charge < -0.3 is 13.9 Å². The summed E-state index contributed by atoms with van der Waals surface area (Å²) in [7, 11) is 0. The molecule has 2 aliphatic rings. The fraction of sp³-hybridized carbons (Fsp3) is 0.450. The molecule has 0 saturated heterocycles. The third-order valence-electron chi connectivity index (χ3n) is 5.07.